The summed E-state index contributed by atoms with van der Waals surface area (Å²) < 4.78 is 10.6. The Morgan fingerprint density at radius 2 is 1.91 bits per heavy atom. The number of nitrogens with zero attached hydrogens (tertiary/aromatic N) is 1. The van der Waals surface area contributed by atoms with Gasteiger partial charge in [0.1, 0.15) is 10.8 Å². The Bertz CT molecular complexity index is 986. The molecule has 3 N–H and O–H groups in total. The van der Waals surface area contributed by atoms with Gasteiger partial charge in [0, 0.05) is 6.04 Å². The van der Waals surface area contributed by atoms with Crippen LogP contribution < -0.4 is 15.8 Å². The van der Waals surface area contributed by atoms with Gasteiger partial charge in [-0.2, -0.15) is 0 Å². The molecule has 1 unspecified atom stereocenters. The summed E-state index contributed by atoms with van der Waals surface area (Å²) in [5.41, 5.74) is 7.17. The molecule has 1 fully saturated rings. The normalized spacial score (nSPS) is 16.0. The minimum Gasteiger partial charge on any atom is -0.494 e. The lowest BCUT2D eigenvalue weighted by molar-refractivity contribution is -0.117. The number of anilines is 1. The Kier molecular flexibility index (Phi) is 7.87. The van der Waals surface area contributed by atoms with Crippen molar-refractivity contribution in [2.45, 2.75) is 39.7 Å². The van der Waals surface area contributed by atoms with Crippen LogP contribution >= 0.6 is 11.3 Å². The van der Waals surface area contributed by atoms with E-state index >= 15 is 0 Å². The third kappa shape index (κ3) is 5.28. The predicted octanol–water partition coefficient (Wildman–Crippen LogP) is 3.51. The molecule has 0 spiro atoms. The molecule has 0 bridgehead atoms. The molecule has 8 nitrogen and oxygen atoms in total. The number of carbonyl (C=O) groups is 3. The number of thiophene rings is 1. The molecule has 9 heteroatoms. The lowest BCUT2D eigenvalue weighted by atomic mass is 10.0. The molecule has 2 aromatic rings. The molecule has 1 aliphatic rings. The molecular weight excluding hydrogens is 430 g/mol. The van der Waals surface area contributed by atoms with E-state index in [9.17, 15) is 14.4 Å². The van der Waals surface area contributed by atoms with Crippen molar-refractivity contribution in [1.82, 2.24) is 4.90 Å². The van der Waals surface area contributed by atoms with Crippen LogP contribution in [0.5, 0.6) is 5.75 Å². The zero-order chi connectivity index (χ0) is 23.3. The zero-order valence-corrected chi connectivity index (χ0v) is 19.4. The SMILES string of the molecule is CCOC(=O)c1c(NC(=O)CN2CCCC2c2ccc(OCC)cc2)sc(C(N)=O)c1C. The fourth-order valence-corrected chi connectivity index (χ4v) is 5.05. The van der Waals surface area contributed by atoms with Gasteiger partial charge in [0.05, 0.1) is 30.2 Å². The van der Waals surface area contributed by atoms with Gasteiger partial charge in [0.2, 0.25) is 5.91 Å². The van der Waals surface area contributed by atoms with Crippen LogP contribution in [0.15, 0.2) is 24.3 Å². The number of primary amides is 1. The second-order valence-corrected chi connectivity index (χ2v) is 8.54. The van der Waals surface area contributed by atoms with Gasteiger partial charge in [-0.05, 0) is 63.4 Å². The standard InChI is InChI=1S/C23H29N3O5S/c1-4-30-16-10-8-15(9-11-16)17-7-6-12-26(17)13-18(27)25-22-19(23(29)31-5-2)14(3)20(32-22)21(24)28/h8-11,17H,4-7,12-13H2,1-3H3,(H2,24,28)(H,25,27). The molecule has 32 heavy (non-hydrogen) atoms. The van der Waals surface area contributed by atoms with Gasteiger partial charge in [-0.1, -0.05) is 12.1 Å². The minimum atomic E-state index is -0.645. The number of carbonyl (C=O) groups excluding carboxylic acids is 3. The van der Waals surface area contributed by atoms with Crippen LogP contribution in [-0.4, -0.2) is 49.0 Å². The van der Waals surface area contributed by atoms with E-state index in [4.69, 9.17) is 15.2 Å². The molecule has 1 saturated heterocycles. The topological polar surface area (TPSA) is 111 Å². The van der Waals surface area contributed by atoms with E-state index < -0.39 is 11.9 Å². The predicted molar refractivity (Wildman–Crippen MR) is 123 cm³/mol. The molecule has 172 valence electrons. The maximum atomic E-state index is 12.9. The van der Waals surface area contributed by atoms with Gasteiger partial charge in [0.15, 0.2) is 0 Å². The van der Waals surface area contributed by atoms with E-state index in [1.165, 1.54) is 0 Å². The fourth-order valence-electron chi connectivity index (χ4n) is 3.98. The molecule has 2 amide bonds. The highest BCUT2D eigenvalue weighted by molar-refractivity contribution is 7.18. The number of rotatable bonds is 9. The number of nitrogens with one attached hydrogen (secondary N) is 1. The van der Waals surface area contributed by atoms with Crippen LogP contribution in [0.2, 0.25) is 0 Å². The molecule has 2 heterocycles. The third-order valence-electron chi connectivity index (χ3n) is 5.39. The van der Waals surface area contributed by atoms with E-state index in [1.807, 2.05) is 31.2 Å². The van der Waals surface area contributed by atoms with Crippen molar-refractivity contribution in [3.63, 3.8) is 0 Å². The number of likely N-dealkylation sites (tertiary alicyclic amines) is 1. The Morgan fingerprint density at radius 3 is 2.53 bits per heavy atom. The summed E-state index contributed by atoms with van der Waals surface area (Å²) in [7, 11) is 0. The molecule has 0 radical (unpaired) electrons. The second kappa shape index (κ2) is 10.6. The van der Waals surface area contributed by atoms with E-state index in [0.29, 0.717) is 12.2 Å². The first-order chi connectivity index (χ1) is 15.3. The van der Waals surface area contributed by atoms with Gasteiger partial charge in [0.25, 0.3) is 5.91 Å². The number of benzene rings is 1. The van der Waals surface area contributed by atoms with Gasteiger partial charge in [-0.15, -0.1) is 11.3 Å². The van der Waals surface area contributed by atoms with Crippen molar-refractivity contribution >= 4 is 34.1 Å². The number of nitrogens with two attached hydrogens (primary N) is 1. The zero-order valence-electron chi connectivity index (χ0n) is 18.6. The third-order valence-corrected chi connectivity index (χ3v) is 6.61. The largest absolute Gasteiger partial charge is 0.494 e. The highest BCUT2D eigenvalue weighted by Crippen LogP contribution is 2.35. The first-order valence-corrected chi connectivity index (χ1v) is 11.5. The van der Waals surface area contributed by atoms with Crippen LogP contribution in [0.1, 0.15) is 63.9 Å². The van der Waals surface area contributed by atoms with Crippen molar-refractivity contribution in [2.75, 3.05) is 31.6 Å². The van der Waals surface area contributed by atoms with Crippen molar-refractivity contribution in [3.05, 3.63) is 45.8 Å². The summed E-state index contributed by atoms with van der Waals surface area (Å²) in [6.07, 6.45) is 1.95. The molecule has 3 rings (SSSR count). The number of ether oxygens (including phenoxy) is 2. The molecule has 1 aliphatic heterocycles. The highest BCUT2D eigenvalue weighted by Gasteiger charge is 2.29. The molecule has 1 aromatic heterocycles. The van der Waals surface area contributed by atoms with Crippen molar-refractivity contribution < 1.29 is 23.9 Å². The Hall–Kier alpha value is -2.91. The lowest BCUT2D eigenvalue weighted by Crippen LogP contribution is -2.33. The Balaban J connectivity index is 1.74. The quantitative estimate of drug-likeness (QED) is 0.555. The van der Waals surface area contributed by atoms with Crippen molar-refractivity contribution in [2.24, 2.45) is 5.73 Å². The fraction of sp³-hybridized carbons (Fsp3) is 0.435. The summed E-state index contributed by atoms with van der Waals surface area (Å²) in [5, 5.41) is 3.09. The monoisotopic (exact) mass is 459 g/mol. The minimum absolute atomic E-state index is 0.132. The lowest BCUT2D eigenvalue weighted by Gasteiger charge is -2.24. The first kappa shape index (κ1) is 23.7. The van der Waals surface area contributed by atoms with E-state index in [-0.39, 0.29) is 40.5 Å². The average Bonchev–Trinajstić information content (AvgIpc) is 3.33. The molecule has 0 aliphatic carbocycles. The van der Waals surface area contributed by atoms with E-state index in [0.717, 1.165) is 42.0 Å². The Labute approximate surface area is 191 Å². The van der Waals surface area contributed by atoms with E-state index in [1.54, 1.807) is 13.8 Å². The maximum absolute atomic E-state index is 12.9. The summed E-state index contributed by atoms with van der Waals surface area (Å²) in [5.74, 6) is -0.667. The van der Waals surface area contributed by atoms with Gasteiger partial charge < -0.3 is 20.5 Å². The molecule has 0 saturated carbocycles. The van der Waals surface area contributed by atoms with Gasteiger partial charge in [-0.3, -0.25) is 14.5 Å². The van der Waals surface area contributed by atoms with Crippen LogP contribution in [0.4, 0.5) is 5.00 Å². The summed E-state index contributed by atoms with van der Waals surface area (Å²) in [6.45, 7) is 7.03. The highest BCUT2D eigenvalue weighted by atomic mass is 32.1. The number of hydrogen-bond acceptors (Lipinski definition) is 7. The first-order valence-electron chi connectivity index (χ1n) is 10.7. The van der Waals surface area contributed by atoms with E-state index in [2.05, 4.69) is 10.2 Å². The summed E-state index contributed by atoms with van der Waals surface area (Å²) in [4.78, 5) is 39.4. The van der Waals surface area contributed by atoms with Crippen LogP contribution in [0, 0.1) is 6.92 Å². The maximum Gasteiger partial charge on any atom is 0.341 e. The second-order valence-electron chi connectivity index (χ2n) is 7.52. The number of hydrogen-bond donors (Lipinski definition) is 2. The van der Waals surface area contributed by atoms with Crippen molar-refractivity contribution in [1.29, 1.82) is 0 Å². The van der Waals surface area contributed by atoms with Crippen molar-refractivity contribution in [3.8, 4) is 5.75 Å². The number of amides is 2. The number of esters is 1. The van der Waals surface area contributed by atoms with Crippen LogP contribution in [-0.2, 0) is 9.53 Å². The molecular formula is C23H29N3O5S. The van der Waals surface area contributed by atoms with Crippen LogP contribution in [0.3, 0.4) is 0 Å². The molecule has 1 aromatic carbocycles. The van der Waals surface area contributed by atoms with Gasteiger partial charge in [-0.25, -0.2) is 4.79 Å². The summed E-state index contributed by atoms with van der Waals surface area (Å²) >= 11 is 0.998. The average molecular weight is 460 g/mol. The van der Waals surface area contributed by atoms with Gasteiger partial charge >= 0.3 is 5.97 Å². The smallest absolute Gasteiger partial charge is 0.341 e. The molecule has 1 atom stereocenters. The Morgan fingerprint density at radius 1 is 1.19 bits per heavy atom. The summed E-state index contributed by atoms with van der Waals surface area (Å²) in [6, 6.07) is 8.09. The van der Waals surface area contributed by atoms with Crippen LogP contribution in [0.25, 0.3) is 0 Å².